The van der Waals surface area contributed by atoms with Crippen LogP contribution in [0.5, 0.6) is 0 Å². The molecule has 1 aromatic rings. The summed E-state index contributed by atoms with van der Waals surface area (Å²) in [5.74, 6) is 1.10. The number of para-hydroxylation sites is 1. The molecule has 3 heteroatoms. The number of nitrogens with zero attached hydrogens (tertiary/aromatic N) is 1. The number of fused-ring (bicyclic) bond motifs is 1. The highest BCUT2D eigenvalue weighted by Crippen LogP contribution is 2.41. The zero-order valence-corrected chi connectivity index (χ0v) is 10.8. The highest BCUT2D eigenvalue weighted by Gasteiger charge is 2.42. The molecule has 3 nitrogen and oxygen atoms in total. The fourth-order valence-corrected chi connectivity index (χ4v) is 2.89. The summed E-state index contributed by atoms with van der Waals surface area (Å²) in [7, 11) is 0. The van der Waals surface area contributed by atoms with E-state index in [4.69, 9.17) is 5.73 Å². The van der Waals surface area contributed by atoms with Crippen LogP contribution in [0.4, 0.5) is 5.69 Å². The summed E-state index contributed by atoms with van der Waals surface area (Å²) in [6, 6.07) is 8.16. The van der Waals surface area contributed by atoms with E-state index in [2.05, 4.69) is 13.0 Å². The van der Waals surface area contributed by atoms with Gasteiger partial charge in [-0.15, -0.1) is 0 Å². The molecular formula is C15H20N2O. The first kappa shape index (κ1) is 11.7. The van der Waals surface area contributed by atoms with Gasteiger partial charge in [0.15, 0.2) is 0 Å². The van der Waals surface area contributed by atoms with Crippen molar-refractivity contribution in [2.24, 2.45) is 17.6 Å². The Morgan fingerprint density at radius 1 is 1.39 bits per heavy atom. The maximum absolute atomic E-state index is 12.5. The van der Waals surface area contributed by atoms with Crippen molar-refractivity contribution in [3.63, 3.8) is 0 Å². The minimum absolute atomic E-state index is 0.0654. The number of hydrogen-bond acceptors (Lipinski definition) is 2. The molecular weight excluding hydrogens is 224 g/mol. The zero-order valence-electron chi connectivity index (χ0n) is 10.8. The van der Waals surface area contributed by atoms with E-state index in [0.29, 0.717) is 11.8 Å². The van der Waals surface area contributed by atoms with Gasteiger partial charge in [0.25, 0.3) is 0 Å². The largest absolute Gasteiger partial charge is 0.324 e. The average molecular weight is 244 g/mol. The summed E-state index contributed by atoms with van der Waals surface area (Å²) >= 11 is 0. The Morgan fingerprint density at radius 2 is 2.11 bits per heavy atom. The van der Waals surface area contributed by atoms with Gasteiger partial charge in [-0.25, -0.2) is 0 Å². The van der Waals surface area contributed by atoms with Crippen molar-refractivity contribution in [3.8, 4) is 0 Å². The molecule has 1 aromatic carbocycles. The third kappa shape index (κ3) is 1.93. The van der Waals surface area contributed by atoms with Crippen LogP contribution in [-0.2, 0) is 4.79 Å². The first-order chi connectivity index (χ1) is 8.68. The Hall–Kier alpha value is -1.35. The minimum atomic E-state index is 0.0654. The van der Waals surface area contributed by atoms with Crippen LogP contribution in [0.15, 0.2) is 24.3 Å². The lowest BCUT2D eigenvalue weighted by atomic mass is 10.0. The molecule has 3 rings (SSSR count). The number of amides is 1. The molecule has 0 bridgehead atoms. The minimum Gasteiger partial charge on any atom is -0.324 e. The molecule has 2 N–H and O–H groups in total. The molecule has 0 saturated heterocycles. The van der Waals surface area contributed by atoms with Crippen LogP contribution in [0, 0.1) is 11.8 Å². The van der Waals surface area contributed by atoms with Crippen molar-refractivity contribution < 1.29 is 4.79 Å². The molecule has 0 aromatic heterocycles. The molecule has 3 atom stereocenters. The number of rotatable bonds is 1. The molecule has 1 aliphatic carbocycles. The Kier molecular flexibility index (Phi) is 2.86. The second-order valence-electron chi connectivity index (χ2n) is 5.62. The lowest BCUT2D eigenvalue weighted by Gasteiger charge is -2.23. The molecule has 1 heterocycles. The third-order valence-electron chi connectivity index (χ3n) is 4.22. The second kappa shape index (κ2) is 4.39. The van der Waals surface area contributed by atoms with Gasteiger partial charge in [0.2, 0.25) is 5.91 Å². The van der Waals surface area contributed by atoms with Crippen molar-refractivity contribution in [2.45, 2.75) is 32.2 Å². The van der Waals surface area contributed by atoms with E-state index in [9.17, 15) is 4.79 Å². The summed E-state index contributed by atoms with van der Waals surface area (Å²) in [5.41, 5.74) is 8.35. The normalized spacial score (nSPS) is 30.6. The SMILES string of the molecule is CC1CC1C(=O)N1CCCC(N)c2ccccc21. The lowest BCUT2D eigenvalue weighted by molar-refractivity contribution is -0.120. The first-order valence-electron chi connectivity index (χ1n) is 6.84. The molecule has 1 aliphatic heterocycles. The van der Waals surface area contributed by atoms with E-state index in [0.717, 1.165) is 37.1 Å². The maximum Gasteiger partial charge on any atom is 0.230 e. The van der Waals surface area contributed by atoms with E-state index < -0.39 is 0 Å². The van der Waals surface area contributed by atoms with E-state index in [1.807, 2.05) is 23.1 Å². The fraction of sp³-hybridized carbons (Fsp3) is 0.533. The lowest BCUT2D eigenvalue weighted by Crippen LogP contribution is -2.33. The highest BCUT2D eigenvalue weighted by molar-refractivity contribution is 5.97. The van der Waals surface area contributed by atoms with Crippen LogP contribution in [0.1, 0.15) is 37.8 Å². The monoisotopic (exact) mass is 244 g/mol. The number of anilines is 1. The second-order valence-corrected chi connectivity index (χ2v) is 5.62. The Morgan fingerprint density at radius 3 is 2.83 bits per heavy atom. The number of nitrogens with two attached hydrogens (primary N) is 1. The van der Waals surface area contributed by atoms with Crippen molar-refractivity contribution >= 4 is 11.6 Å². The zero-order chi connectivity index (χ0) is 12.7. The number of carbonyl (C=O) groups is 1. The molecule has 1 amide bonds. The highest BCUT2D eigenvalue weighted by atomic mass is 16.2. The van der Waals surface area contributed by atoms with Crippen LogP contribution in [-0.4, -0.2) is 12.5 Å². The van der Waals surface area contributed by atoms with Gasteiger partial charge in [-0.3, -0.25) is 4.79 Å². The van der Waals surface area contributed by atoms with Gasteiger partial charge in [0, 0.05) is 24.2 Å². The summed E-state index contributed by atoms with van der Waals surface area (Å²) in [6.07, 6.45) is 2.99. The van der Waals surface area contributed by atoms with Crippen LogP contribution in [0.3, 0.4) is 0 Å². The van der Waals surface area contributed by atoms with Crippen molar-refractivity contribution in [2.75, 3.05) is 11.4 Å². The first-order valence-corrected chi connectivity index (χ1v) is 6.84. The quantitative estimate of drug-likeness (QED) is 0.825. The molecule has 96 valence electrons. The van der Waals surface area contributed by atoms with Crippen molar-refractivity contribution in [1.29, 1.82) is 0 Å². The predicted octanol–water partition coefficient (Wildman–Crippen LogP) is 2.47. The standard InChI is InChI=1S/C15H20N2O/c1-10-9-12(10)15(18)17-8-4-6-13(16)11-5-2-3-7-14(11)17/h2-3,5,7,10,12-13H,4,6,8-9,16H2,1H3. The van der Waals surface area contributed by atoms with Crippen LogP contribution in [0.2, 0.25) is 0 Å². The predicted molar refractivity (Wildman–Crippen MR) is 72.2 cm³/mol. The van der Waals surface area contributed by atoms with Gasteiger partial charge in [-0.1, -0.05) is 25.1 Å². The van der Waals surface area contributed by atoms with Gasteiger partial charge < -0.3 is 10.6 Å². The van der Waals surface area contributed by atoms with Crippen LogP contribution in [0.25, 0.3) is 0 Å². The van der Waals surface area contributed by atoms with E-state index in [1.54, 1.807) is 0 Å². The summed E-state index contributed by atoms with van der Waals surface area (Å²) < 4.78 is 0. The topological polar surface area (TPSA) is 46.3 Å². The fourth-order valence-electron chi connectivity index (χ4n) is 2.89. The van der Waals surface area contributed by atoms with E-state index >= 15 is 0 Å². The van der Waals surface area contributed by atoms with Crippen LogP contribution >= 0.6 is 0 Å². The van der Waals surface area contributed by atoms with Crippen LogP contribution < -0.4 is 10.6 Å². The molecule has 0 radical (unpaired) electrons. The summed E-state index contributed by atoms with van der Waals surface area (Å²) in [4.78, 5) is 14.4. The summed E-state index contributed by atoms with van der Waals surface area (Å²) in [5, 5.41) is 0. The van der Waals surface area contributed by atoms with Crippen molar-refractivity contribution in [3.05, 3.63) is 29.8 Å². The number of benzene rings is 1. The molecule has 0 spiro atoms. The maximum atomic E-state index is 12.5. The molecule has 1 fully saturated rings. The molecule has 3 unspecified atom stereocenters. The van der Waals surface area contributed by atoms with Gasteiger partial charge in [0.05, 0.1) is 0 Å². The van der Waals surface area contributed by atoms with Gasteiger partial charge in [-0.2, -0.15) is 0 Å². The van der Waals surface area contributed by atoms with Crippen molar-refractivity contribution in [1.82, 2.24) is 0 Å². The third-order valence-corrected chi connectivity index (χ3v) is 4.22. The number of hydrogen-bond donors (Lipinski definition) is 1. The van der Waals surface area contributed by atoms with E-state index in [-0.39, 0.29) is 12.0 Å². The molecule has 18 heavy (non-hydrogen) atoms. The Balaban J connectivity index is 1.95. The number of carbonyl (C=O) groups excluding carboxylic acids is 1. The van der Waals surface area contributed by atoms with E-state index in [1.165, 1.54) is 0 Å². The molecule has 1 saturated carbocycles. The Labute approximate surface area is 108 Å². The smallest absolute Gasteiger partial charge is 0.230 e. The van der Waals surface area contributed by atoms with Gasteiger partial charge in [0.1, 0.15) is 0 Å². The Bertz CT molecular complexity index is 471. The molecule has 2 aliphatic rings. The van der Waals surface area contributed by atoms with Gasteiger partial charge in [-0.05, 0) is 36.8 Å². The summed E-state index contributed by atoms with van der Waals surface area (Å²) in [6.45, 7) is 2.96. The van der Waals surface area contributed by atoms with Gasteiger partial charge >= 0.3 is 0 Å². The average Bonchev–Trinajstić information content (AvgIpc) is 3.12.